The van der Waals surface area contributed by atoms with Crippen molar-refractivity contribution in [3.8, 4) is 0 Å². The van der Waals surface area contributed by atoms with E-state index in [0.717, 1.165) is 40.2 Å². The molecule has 2 fully saturated rings. The first kappa shape index (κ1) is 24.5. The number of carbonyl (C=O) groups is 1. The zero-order chi connectivity index (χ0) is 23.0. The van der Waals surface area contributed by atoms with E-state index in [4.69, 9.17) is 14.5 Å². The first-order valence-corrected chi connectivity index (χ1v) is 12.5. The number of hydrogen-bond acceptors (Lipinski definition) is 5. The zero-order valence-electron chi connectivity index (χ0n) is 20.3. The lowest BCUT2D eigenvalue weighted by molar-refractivity contribution is -0.171. The Morgan fingerprint density at radius 1 is 1.10 bits per heavy atom. The first-order chi connectivity index (χ1) is 14.4. The number of ether oxygens (including phenoxy) is 2. The van der Waals surface area contributed by atoms with E-state index < -0.39 is 11.7 Å². The van der Waals surface area contributed by atoms with Crippen molar-refractivity contribution in [3.05, 3.63) is 21.4 Å². The van der Waals surface area contributed by atoms with Gasteiger partial charge in [-0.15, -0.1) is 0 Å². The van der Waals surface area contributed by atoms with Crippen LogP contribution in [0.1, 0.15) is 96.2 Å². The van der Waals surface area contributed by atoms with Crippen LogP contribution in [0, 0.1) is 19.3 Å². The minimum absolute atomic E-state index is 0.207. The normalized spacial score (nSPS) is 19.8. The van der Waals surface area contributed by atoms with E-state index in [2.05, 4.69) is 20.8 Å². The predicted octanol–water partition coefficient (Wildman–Crippen LogP) is 6.43. The molecule has 1 aliphatic carbocycles. The number of rotatable bonds is 5. The molecule has 1 aromatic rings. The molecular formula is C25H39BrN2O3. The number of pyridine rings is 1. The van der Waals surface area contributed by atoms with E-state index >= 15 is 0 Å². The smallest absolute Gasteiger partial charge is 0.340 e. The fraction of sp³-hybridized carbons (Fsp3) is 0.760. The third kappa shape index (κ3) is 5.62. The van der Waals surface area contributed by atoms with Crippen molar-refractivity contribution in [2.24, 2.45) is 5.41 Å². The molecule has 1 spiro atoms. The lowest BCUT2D eigenvalue weighted by Gasteiger charge is -2.43. The second-order valence-electron chi connectivity index (χ2n) is 10.7. The van der Waals surface area contributed by atoms with Crippen LogP contribution in [0.25, 0.3) is 0 Å². The molecule has 0 bridgehead atoms. The van der Waals surface area contributed by atoms with Crippen molar-refractivity contribution in [3.63, 3.8) is 0 Å². The average molecular weight is 496 g/mol. The topological polar surface area (TPSA) is 51.7 Å². The Morgan fingerprint density at radius 2 is 1.71 bits per heavy atom. The molecule has 3 rings (SSSR count). The highest BCUT2D eigenvalue weighted by atomic mass is 79.9. The van der Waals surface area contributed by atoms with Gasteiger partial charge in [0.05, 0.1) is 27.6 Å². The summed E-state index contributed by atoms with van der Waals surface area (Å²) in [5, 5.41) is 0. The van der Waals surface area contributed by atoms with Gasteiger partial charge in [0.1, 0.15) is 0 Å². The Hall–Kier alpha value is -1.14. The number of hydrogen-bond donors (Lipinski definition) is 0. The van der Waals surface area contributed by atoms with Gasteiger partial charge in [0.15, 0.2) is 6.10 Å². The maximum absolute atomic E-state index is 13.3. The van der Waals surface area contributed by atoms with E-state index in [-0.39, 0.29) is 12.1 Å². The molecule has 0 N–H and O–H groups in total. The fourth-order valence-corrected chi connectivity index (χ4v) is 5.80. The van der Waals surface area contributed by atoms with Crippen LogP contribution in [0.5, 0.6) is 0 Å². The van der Waals surface area contributed by atoms with E-state index in [0.29, 0.717) is 5.41 Å². The van der Waals surface area contributed by atoms with Gasteiger partial charge in [-0.3, -0.25) is 4.98 Å². The van der Waals surface area contributed by atoms with Crippen LogP contribution in [0.2, 0.25) is 0 Å². The fourth-order valence-electron chi connectivity index (χ4n) is 5.25. The highest BCUT2D eigenvalue weighted by molar-refractivity contribution is 9.10. The number of aryl methyl sites for hydroxylation is 2. The third-order valence-electron chi connectivity index (χ3n) is 6.45. The Morgan fingerprint density at radius 3 is 2.29 bits per heavy atom. The number of anilines is 1. The standard InChI is InChI=1S/C25H39BrN2O3/c1-16(2)30-23(29)22(31-24(5,6)7)19-17(3)27-18(4)20(26)21(19)28-14-10-13-25(15-28)11-8-9-12-25/h16,22H,8-15H2,1-7H3/t22-/m0/s1. The van der Waals surface area contributed by atoms with Gasteiger partial charge in [0, 0.05) is 24.3 Å². The number of carbonyl (C=O) groups excluding carboxylic acids is 1. The Labute approximate surface area is 196 Å². The summed E-state index contributed by atoms with van der Waals surface area (Å²) in [5.74, 6) is -0.348. The van der Waals surface area contributed by atoms with Crippen molar-refractivity contribution in [1.29, 1.82) is 0 Å². The first-order valence-electron chi connectivity index (χ1n) is 11.7. The second kappa shape index (κ2) is 9.38. The van der Waals surface area contributed by atoms with Crippen LogP contribution >= 0.6 is 15.9 Å². The largest absolute Gasteiger partial charge is 0.461 e. The Kier molecular flexibility index (Phi) is 7.42. The summed E-state index contributed by atoms with van der Waals surface area (Å²) in [6.07, 6.45) is 6.71. The van der Waals surface area contributed by atoms with Gasteiger partial charge >= 0.3 is 5.97 Å². The molecule has 1 atom stereocenters. The van der Waals surface area contributed by atoms with Crippen molar-refractivity contribution in [2.45, 2.75) is 105 Å². The molecular weight excluding hydrogens is 456 g/mol. The van der Waals surface area contributed by atoms with E-state index in [1.54, 1.807) is 0 Å². The van der Waals surface area contributed by atoms with Gasteiger partial charge in [-0.2, -0.15) is 0 Å². The monoisotopic (exact) mass is 494 g/mol. The molecule has 2 heterocycles. The quantitative estimate of drug-likeness (QED) is 0.441. The van der Waals surface area contributed by atoms with Crippen LogP contribution in [0.15, 0.2) is 4.47 Å². The van der Waals surface area contributed by atoms with Crippen LogP contribution in [-0.4, -0.2) is 35.7 Å². The Balaban J connectivity index is 2.11. The van der Waals surface area contributed by atoms with Gasteiger partial charge in [0.2, 0.25) is 0 Å². The van der Waals surface area contributed by atoms with Crippen LogP contribution in [0.4, 0.5) is 5.69 Å². The molecule has 0 unspecified atom stereocenters. The van der Waals surface area contributed by atoms with Gasteiger partial charge in [0.25, 0.3) is 0 Å². The summed E-state index contributed by atoms with van der Waals surface area (Å²) in [4.78, 5) is 20.5. The number of esters is 1. The van der Waals surface area contributed by atoms with Crippen LogP contribution < -0.4 is 4.90 Å². The molecule has 0 aromatic carbocycles. The molecule has 2 aliphatic rings. The molecule has 1 aliphatic heterocycles. The van der Waals surface area contributed by atoms with Crippen LogP contribution in [-0.2, 0) is 14.3 Å². The van der Waals surface area contributed by atoms with Gasteiger partial charge in [-0.05, 0) is 95.5 Å². The van der Waals surface area contributed by atoms with Gasteiger partial charge < -0.3 is 14.4 Å². The number of halogens is 1. The molecule has 0 radical (unpaired) electrons. The van der Waals surface area contributed by atoms with Crippen molar-refractivity contribution < 1.29 is 14.3 Å². The van der Waals surface area contributed by atoms with Crippen molar-refractivity contribution in [2.75, 3.05) is 18.0 Å². The molecule has 1 saturated carbocycles. The van der Waals surface area contributed by atoms with Gasteiger partial charge in [-0.1, -0.05) is 12.8 Å². The van der Waals surface area contributed by atoms with Crippen molar-refractivity contribution in [1.82, 2.24) is 4.98 Å². The summed E-state index contributed by atoms with van der Waals surface area (Å²) >= 11 is 3.83. The zero-order valence-corrected chi connectivity index (χ0v) is 21.9. The Bertz CT molecular complexity index is 810. The molecule has 174 valence electrons. The second-order valence-corrected chi connectivity index (χ2v) is 11.5. The SMILES string of the molecule is Cc1nc(C)c([C@H](OC(C)(C)C)C(=O)OC(C)C)c(N2CCCC3(CCCC3)C2)c1Br. The maximum atomic E-state index is 13.3. The van der Waals surface area contributed by atoms with E-state index in [9.17, 15) is 4.79 Å². The molecule has 1 saturated heterocycles. The maximum Gasteiger partial charge on any atom is 0.340 e. The number of aromatic nitrogens is 1. The lowest BCUT2D eigenvalue weighted by Crippen LogP contribution is -2.43. The van der Waals surface area contributed by atoms with Gasteiger partial charge in [-0.25, -0.2) is 4.79 Å². The summed E-state index contributed by atoms with van der Waals surface area (Å²) in [6, 6.07) is 0. The van der Waals surface area contributed by atoms with E-state index in [1.807, 2.05) is 48.5 Å². The minimum Gasteiger partial charge on any atom is -0.461 e. The minimum atomic E-state index is -0.816. The summed E-state index contributed by atoms with van der Waals surface area (Å²) in [5.41, 5.74) is 3.57. The average Bonchev–Trinajstić information content (AvgIpc) is 3.09. The number of piperidine rings is 1. The molecule has 0 amide bonds. The highest BCUT2D eigenvalue weighted by Crippen LogP contribution is 2.48. The molecule has 5 nitrogen and oxygen atoms in total. The predicted molar refractivity (Wildman–Crippen MR) is 129 cm³/mol. The van der Waals surface area contributed by atoms with Crippen LogP contribution in [0.3, 0.4) is 0 Å². The summed E-state index contributed by atoms with van der Waals surface area (Å²) in [7, 11) is 0. The van der Waals surface area contributed by atoms with E-state index in [1.165, 1.54) is 38.5 Å². The van der Waals surface area contributed by atoms with Crippen molar-refractivity contribution >= 4 is 27.6 Å². The lowest BCUT2D eigenvalue weighted by atomic mass is 9.78. The molecule has 1 aromatic heterocycles. The third-order valence-corrected chi connectivity index (χ3v) is 7.40. The highest BCUT2D eigenvalue weighted by Gasteiger charge is 2.41. The molecule has 31 heavy (non-hydrogen) atoms. The summed E-state index contributed by atoms with van der Waals surface area (Å²) in [6.45, 7) is 15.7. The summed E-state index contributed by atoms with van der Waals surface area (Å²) < 4.78 is 13.0. The molecule has 6 heteroatoms. The number of nitrogens with zero attached hydrogens (tertiary/aromatic N) is 2.